The molecule has 1 aromatic rings. The summed E-state index contributed by atoms with van der Waals surface area (Å²) in [6, 6.07) is 5.86. The summed E-state index contributed by atoms with van der Waals surface area (Å²) >= 11 is 0. The van der Waals surface area contributed by atoms with Gasteiger partial charge in [-0.2, -0.15) is 0 Å². The molecular formula is C18H23NO3. The molecule has 0 unspecified atom stereocenters. The molecule has 0 saturated heterocycles. The highest BCUT2D eigenvalue weighted by atomic mass is 16.4. The lowest BCUT2D eigenvalue weighted by molar-refractivity contribution is -0.150. The summed E-state index contributed by atoms with van der Waals surface area (Å²) in [5, 5.41) is 12.5. The summed E-state index contributed by atoms with van der Waals surface area (Å²) in [5.74, 6) is -0.893. The largest absolute Gasteiger partial charge is 0.481 e. The van der Waals surface area contributed by atoms with Gasteiger partial charge in [0.1, 0.15) is 0 Å². The highest BCUT2D eigenvalue weighted by molar-refractivity contribution is 5.96. The molecule has 4 nitrogen and oxygen atoms in total. The highest BCUT2D eigenvalue weighted by Gasteiger charge is 2.40. The zero-order chi connectivity index (χ0) is 15.6. The SMILES string of the molecule is O=C(NCC1(C(=O)O)CCCCC1)c1cccc2c1CCC2. The lowest BCUT2D eigenvalue weighted by atomic mass is 9.74. The summed E-state index contributed by atoms with van der Waals surface area (Å²) in [6.45, 7) is 0.241. The predicted molar refractivity (Wildman–Crippen MR) is 84.0 cm³/mol. The average molecular weight is 301 g/mol. The van der Waals surface area contributed by atoms with Gasteiger partial charge in [0.2, 0.25) is 0 Å². The smallest absolute Gasteiger partial charge is 0.311 e. The fraction of sp³-hybridized carbons (Fsp3) is 0.556. The third-order valence-corrected chi connectivity index (χ3v) is 5.24. The number of amides is 1. The lowest BCUT2D eigenvalue weighted by Gasteiger charge is -2.33. The van der Waals surface area contributed by atoms with Gasteiger partial charge in [-0.1, -0.05) is 31.4 Å². The standard InChI is InChI=1S/C18H23NO3/c20-16(15-9-5-7-13-6-4-8-14(13)15)19-12-18(17(21)22)10-2-1-3-11-18/h5,7,9H,1-4,6,8,10-12H2,(H,19,20)(H,21,22). The quantitative estimate of drug-likeness (QED) is 0.898. The van der Waals surface area contributed by atoms with Crippen LogP contribution in [0.2, 0.25) is 0 Å². The van der Waals surface area contributed by atoms with Gasteiger partial charge in [-0.05, 0) is 49.3 Å². The van der Waals surface area contributed by atoms with Crippen molar-refractivity contribution in [3.8, 4) is 0 Å². The zero-order valence-electron chi connectivity index (χ0n) is 12.9. The van der Waals surface area contributed by atoms with E-state index in [0.29, 0.717) is 12.8 Å². The minimum absolute atomic E-state index is 0.120. The number of fused-ring (bicyclic) bond motifs is 1. The number of hydrogen-bond acceptors (Lipinski definition) is 2. The van der Waals surface area contributed by atoms with Crippen molar-refractivity contribution in [3.05, 3.63) is 34.9 Å². The Labute approximate surface area is 130 Å². The molecule has 0 atom stereocenters. The van der Waals surface area contributed by atoms with Crippen LogP contribution < -0.4 is 5.32 Å². The van der Waals surface area contributed by atoms with Crippen LogP contribution in [0.4, 0.5) is 0 Å². The van der Waals surface area contributed by atoms with Gasteiger partial charge in [0.05, 0.1) is 5.41 Å². The van der Waals surface area contributed by atoms with Crippen LogP contribution in [0.15, 0.2) is 18.2 Å². The van der Waals surface area contributed by atoms with Gasteiger partial charge in [0, 0.05) is 12.1 Å². The van der Waals surface area contributed by atoms with Crippen molar-refractivity contribution in [1.29, 1.82) is 0 Å². The molecule has 4 heteroatoms. The van der Waals surface area contributed by atoms with Crippen LogP contribution in [0.5, 0.6) is 0 Å². The molecule has 0 aromatic heterocycles. The molecule has 22 heavy (non-hydrogen) atoms. The van der Waals surface area contributed by atoms with E-state index in [1.54, 1.807) is 0 Å². The monoisotopic (exact) mass is 301 g/mol. The molecule has 2 aliphatic rings. The molecule has 1 aromatic carbocycles. The molecule has 1 saturated carbocycles. The Morgan fingerprint density at radius 1 is 1.09 bits per heavy atom. The second-order valence-corrected chi connectivity index (χ2v) is 6.63. The van der Waals surface area contributed by atoms with Gasteiger partial charge in [0.25, 0.3) is 5.91 Å². The predicted octanol–water partition coefficient (Wildman–Crippen LogP) is 2.94. The second kappa shape index (κ2) is 6.11. The number of carbonyl (C=O) groups is 2. The number of carbonyl (C=O) groups excluding carboxylic acids is 1. The zero-order valence-corrected chi connectivity index (χ0v) is 12.9. The van der Waals surface area contributed by atoms with E-state index in [4.69, 9.17) is 0 Å². The number of carboxylic acid groups (broad SMARTS) is 1. The first-order valence-corrected chi connectivity index (χ1v) is 8.25. The molecule has 1 fully saturated rings. The van der Waals surface area contributed by atoms with E-state index in [1.807, 2.05) is 12.1 Å². The van der Waals surface area contributed by atoms with Crippen LogP contribution in [0.25, 0.3) is 0 Å². The van der Waals surface area contributed by atoms with Crippen molar-refractivity contribution >= 4 is 11.9 Å². The molecule has 0 heterocycles. The maximum absolute atomic E-state index is 12.5. The van der Waals surface area contributed by atoms with Gasteiger partial charge >= 0.3 is 5.97 Å². The summed E-state index contributed by atoms with van der Waals surface area (Å²) in [5.41, 5.74) is 2.36. The van der Waals surface area contributed by atoms with Crippen molar-refractivity contribution in [3.63, 3.8) is 0 Å². The number of carboxylic acids is 1. The van der Waals surface area contributed by atoms with E-state index in [9.17, 15) is 14.7 Å². The van der Waals surface area contributed by atoms with Crippen LogP contribution in [-0.2, 0) is 17.6 Å². The molecule has 2 N–H and O–H groups in total. The molecule has 0 aliphatic heterocycles. The summed E-state index contributed by atoms with van der Waals surface area (Å²) in [7, 11) is 0. The van der Waals surface area contributed by atoms with Crippen molar-refractivity contribution in [1.82, 2.24) is 5.32 Å². The molecule has 0 radical (unpaired) electrons. The molecular weight excluding hydrogens is 278 g/mol. The number of benzene rings is 1. The Morgan fingerprint density at radius 3 is 2.59 bits per heavy atom. The Balaban J connectivity index is 1.72. The Morgan fingerprint density at radius 2 is 1.86 bits per heavy atom. The van der Waals surface area contributed by atoms with Gasteiger partial charge < -0.3 is 10.4 Å². The normalized spacial score (nSPS) is 19.5. The van der Waals surface area contributed by atoms with Crippen LogP contribution >= 0.6 is 0 Å². The van der Waals surface area contributed by atoms with E-state index in [1.165, 1.54) is 5.56 Å². The lowest BCUT2D eigenvalue weighted by Crippen LogP contribution is -2.44. The molecule has 0 bridgehead atoms. The number of aryl methyl sites for hydroxylation is 1. The van der Waals surface area contributed by atoms with Gasteiger partial charge in [-0.3, -0.25) is 9.59 Å². The van der Waals surface area contributed by atoms with Crippen LogP contribution in [0.3, 0.4) is 0 Å². The van der Waals surface area contributed by atoms with E-state index >= 15 is 0 Å². The van der Waals surface area contributed by atoms with Crippen molar-refractivity contribution in [2.24, 2.45) is 5.41 Å². The molecule has 1 amide bonds. The number of aliphatic carboxylic acids is 1. The van der Waals surface area contributed by atoms with Crippen LogP contribution in [-0.4, -0.2) is 23.5 Å². The van der Waals surface area contributed by atoms with E-state index in [2.05, 4.69) is 11.4 Å². The topological polar surface area (TPSA) is 66.4 Å². The van der Waals surface area contributed by atoms with Crippen molar-refractivity contribution in [2.75, 3.05) is 6.54 Å². The second-order valence-electron chi connectivity index (χ2n) is 6.63. The van der Waals surface area contributed by atoms with E-state index in [-0.39, 0.29) is 12.5 Å². The van der Waals surface area contributed by atoms with E-state index < -0.39 is 11.4 Å². The van der Waals surface area contributed by atoms with Crippen molar-refractivity contribution in [2.45, 2.75) is 51.4 Å². The molecule has 2 aliphatic carbocycles. The van der Waals surface area contributed by atoms with Crippen LogP contribution in [0.1, 0.15) is 60.0 Å². The fourth-order valence-electron chi connectivity index (χ4n) is 3.87. The minimum Gasteiger partial charge on any atom is -0.481 e. The first kappa shape index (κ1) is 15.1. The maximum atomic E-state index is 12.5. The highest BCUT2D eigenvalue weighted by Crippen LogP contribution is 2.36. The van der Waals surface area contributed by atoms with Gasteiger partial charge in [-0.25, -0.2) is 0 Å². The number of rotatable bonds is 4. The fourth-order valence-corrected chi connectivity index (χ4v) is 3.87. The minimum atomic E-state index is -0.772. The number of hydrogen-bond donors (Lipinski definition) is 2. The summed E-state index contributed by atoms with van der Waals surface area (Å²) in [4.78, 5) is 24.2. The average Bonchev–Trinajstić information content (AvgIpc) is 3.02. The van der Waals surface area contributed by atoms with Gasteiger partial charge in [0.15, 0.2) is 0 Å². The third-order valence-electron chi connectivity index (χ3n) is 5.24. The third kappa shape index (κ3) is 2.74. The number of nitrogens with one attached hydrogen (secondary N) is 1. The molecule has 118 valence electrons. The van der Waals surface area contributed by atoms with Crippen LogP contribution in [0, 0.1) is 5.41 Å². The maximum Gasteiger partial charge on any atom is 0.311 e. The first-order chi connectivity index (χ1) is 10.6. The summed E-state index contributed by atoms with van der Waals surface area (Å²) < 4.78 is 0. The Kier molecular flexibility index (Phi) is 4.19. The van der Waals surface area contributed by atoms with Crippen molar-refractivity contribution < 1.29 is 14.7 Å². The molecule has 0 spiro atoms. The molecule has 3 rings (SSSR count). The van der Waals surface area contributed by atoms with Gasteiger partial charge in [-0.15, -0.1) is 0 Å². The van der Waals surface area contributed by atoms with E-state index in [0.717, 1.165) is 49.7 Å². The Bertz CT molecular complexity index is 588. The first-order valence-electron chi connectivity index (χ1n) is 8.25. The summed E-state index contributed by atoms with van der Waals surface area (Å²) in [6.07, 6.45) is 7.36. The Hall–Kier alpha value is -1.84.